The van der Waals surface area contributed by atoms with Crippen LogP contribution in [0.25, 0.3) is 0 Å². The molecule has 0 aliphatic carbocycles. The zero-order chi connectivity index (χ0) is 19.1. The van der Waals surface area contributed by atoms with Crippen LogP contribution in [0.2, 0.25) is 0 Å². The highest BCUT2D eigenvalue weighted by Crippen LogP contribution is 2.19. The molecule has 0 saturated carbocycles. The number of hydrogen-bond donors (Lipinski definition) is 1. The second-order valence-corrected chi connectivity index (χ2v) is 6.38. The monoisotopic (exact) mass is 361 g/mol. The molecule has 4 heteroatoms. The van der Waals surface area contributed by atoms with Gasteiger partial charge in [0.25, 0.3) is 5.91 Å². The van der Waals surface area contributed by atoms with Gasteiger partial charge >= 0.3 is 0 Å². The molecule has 4 nitrogen and oxygen atoms in total. The molecule has 0 atom stereocenters. The first-order chi connectivity index (χ1) is 13.1. The van der Waals surface area contributed by atoms with Crippen LogP contribution in [-0.4, -0.2) is 12.5 Å². The maximum Gasteiger partial charge on any atom is 0.262 e. The van der Waals surface area contributed by atoms with E-state index in [4.69, 9.17) is 9.47 Å². The molecule has 3 aromatic rings. The summed E-state index contributed by atoms with van der Waals surface area (Å²) in [6.07, 6.45) is 0. The first kappa shape index (κ1) is 18.5. The van der Waals surface area contributed by atoms with Gasteiger partial charge in [0.05, 0.1) is 0 Å². The molecule has 0 unspecified atom stereocenters. The fourth-order valence-electron chi connectivity index (χ4n) is 2.54. The van der Waals surface area contributed by atoms with Gasteiger partial charge < -0.3 is 14.8 Å². The van der Waals surface area contributed by atoms with Gasteiger partial charge in [-0.05, 0) is 66.9 Å². The van der Waals surface area contributed by atoms with Gasteiger partial charge in [-0.15, -0.1) is 0 Å². The van der Waals surface area contributed by atoms with Crippen LogP contribution in [0.15, 0.2) is 72.8 Å². The number of ether oxygens (including phenoxy) is 2. The van der Waals surface area contributed by atoms with Gasteiger partial charge in [0.2, 0.25) is 0 Å². The zero-order valence-electron chi connectivity index (χ0n) is 15.6. The molecule has 0 bridgehead atoms. The largest absolute Gasteiger partial charge is 0.489 e. The third-order valence-corrected chi connectivity index (χ3v) is 4.23. The van der Waals surface area contributed by atoms with Gasteiger partial charge in [0.15, 0.2) is 6.61 Å². The highest BCUT2D eigenvalue weighted by molar-refractivity contribution is 5.92. The SMILES string of the molecule is Cc1ccc(NC(=O)COc2ccc(OCc3ccccc3)cc2)cc1C. The Labute approximate surface area is 159 Å². The van der Waals surface area contributed by atoms with Crippen LogP contribution >= 0.6 is 0 Å². The lowest BCUT2D eigenvalue weighted by atomic mass is 10.1. The zero-order valence-corrected chi connectivity index (χ0v) is 15.6. The van der Waals surface area contributed by atoms with E-state index in [0.717, 1.165) is 22.6 Å². The number of amides is 1. The Bertz CT molecular complexity index is 889. The molecule has 0 fully saturated rings. The summed E-state index contributed by atoms with van der Waals surface area (Å²) < 4.78 is 11.3. The molecule has 0 spiro atoms. The minimum atomic E-state index is -0.192. The van der Waals surface area contributed by atoms with Crippen molar-refractivity contribution in [1.82, 2.24) is 0 Å². The molecule has 0 heterocycles. The normalized spacial score (nSPS) is 10.3. The van der Waals surface area contributed by atoms with Crippen molar-refractivity contribution in [3.8, 4) is 11.5 Å². The van der Waals surface area contributed by atoms with Crippen LogP contribution < -0.4 is 14.8 Å². The van der Waals surface area contributed by atoms with E-state index in [1.54, 1.807) is 12.1 Å². The summed E-state index contributed by atoms with van der Waals surface area (Å²) in [7, 11) is 0. The summed E-state index contributed by atoms with van der Waals surface area (Å²) >= 11 is 0. The van der Waals surface area contributed by atoms with E-state index < -0.39 is 0 Å². The Morgan fingerprint density at radius 2 is 1.48 bits per heavy atom. The van der Waals surface area contributed by atoms with E-state index in [2.05, 4.69) is 5.32 Å². The van der Waals surface area contributed by atoms with Gasteiger partial charge in [-0.25, -0.2) is 0 Å². The number of rotatable bonds is 7. The van der Waals surface area contributed by atoms with Gasteiger partial charge in [0, 0.05) is 5.69 Å². The molecule has 1 N–H and O–H groups in total. The van der Waals surface area contributed by atoms with Crippen LogP contribution in [0.1, 0.15) is 16.7 Å². The number of hydrogen-bond acceptors (Lipinski definition) is 3. The number of benzene rings is 3. The third-order valence-electron chi connectivity index (χ3n) is 4.23. The fourth-order valence-corrected chi connectivity index (χ4v) is 2.54. The Morgan fingerprint density at radius 1 is 0.815 bits per heavy atom. The summed E-state index contributed by atoms with van der Waals surface area (Å²) in [5, 5.41) is 2.84. The van der Waals surface area contributed by atoms with Crippen LogP contribution in [-0.2, 0) is 11.4 Å². The first-order valence-electron chi connectivity index (χ1n) is 8.87. The average molecular weight is 361 g/mol. The number of carbonyl (C=O) groups excluding carboxylic acids is 1. The van der Waals surface area contributed by atoms with Crippen molar-refractivity contribution in [2.75, 3.05) is 11.9 Å². The van der Waals surface area contributed by atoms with Crippen molar-refractivity contribution in [2.45, 2.75) is 20.5 Å². The van der Waals surface area contributed by atoms with E-state index >= 15 is 0 Å². The highest BCUT2D eigenvalue weighted by atomic mass is 16.5. The summed E-state index contributed by atoms with van der Waals surface area (Å²) in [5.74, 6) is 1.19. The van der Waals surface area contributed by atoms with Crippen LogP contribution in [0, 0.1) is 13.8 Å². The van der Waals surface area contributed by atoms with Crippen molar-refractivity contribution in [1.29, 1.82) is 0 Å². The molecule has 3 rings (SSSR count). The molecule has 0 aliphatic heterocycles. The van der Waals surface area contributed by atoms with Crippen molar-refractivity contribution in [2.24, 2.45) is 0 Å². The average Bonchev–Trinajstić information content (AvgIpc) is 2.69. The van der Waals surface area contributed by atoms with Crippen molar-refractivity contribution >= 4 is 11.6 Å². The minimum Gasteiger partial charge on any atom is -0.489 e. The molecule has 27 heavy (non-hydrogen) atoms. The Morgan fingerprint density at radius 3 is 2.15 bits per heavy atom. The van der Waals surface area contributed by atoms with E-state index in [1.807, 2.05) is 74.5 Å². The second-order valence-electron chi connectivity index (χ2n) is 6.38. The van der Waals surface area contributed by atoms with E-state index in [1.165, 1.54) is 5.56 Å². The third kappa shape index (κ3) is 5.61. The molecular formula is C23H23NO3. The standard InChI is InChI=1S/C23H23NO3/c1-17-8-9-20(14-18(17)2)24-23(25)16-27-22-12-10-21(11-13-22)26-15-19-6-4-3-5-7-19/h3-14H,15-16H2,1-2H3,(H,24,25). The lowest BCUT2D eigenvalue weighted by Gasteiger charge is -2.10. The van der Waals surface area contributed by atoms with Gasteiger partial charge in [-0.3, -0.25) is 4.79 Å². The topological polar surface area (TPSA) is 47.6 Å². The summed E-state index contributed by atoms with van der Waals surface area (Å²) in [6.45, 7) is 4.52. The maximum atomic E-state index is 12.0. The molecule has 138 valence electrons. The predicted octanol–water partition coefficient (Wildman–Crippen LogP) is 4.90. The number of anilines is 1. The summed E-state index contributed by atoms with van der Waals surface area (Å²) in [4.78, 5) is 12.0. The molecule has 0 aliphatic rings. The van der Waals surface area contributed by atoms with E-state index in [0.29, 0.717) is 12.4 Å². The maximum absolute atomic E-state index is 12.0. The first-order valence-corrected chi connectivity index (χ1v) is 8.87. The van der Waals surface area contributed by atoms with Gasteiger partial charge in [-0.1, -0.05) is 36.4 Å². The van der Waals surface area contributed by atoms with Gasteiger partial charge in [-0.2, -0.15) is 0 Å². The van der Waals surface area contributed by atoms with Crippen LogP contribution in [0.4, 0.5) is 5.69 Å². The number of carbonyl (C=O) groups is 1. The van der Waals surface area contributed by atoms with Crippen molar-refractivity contribution in [3.63, 3.8) is 0 Å². The highest BCUT2D eigenvalue weighted by Gasteiger charge is 2.05. The van der Waals surface area contributed by atoms with Crippen molar-refractivity contribution in [3.05, 3.63) is 89.5 Å². The van der Waals surface area contributed by atoms with E-state index in [9.17, 15) is 4.79 Å². The quantitative estimate of drug-likeness (QED) is 0.651. The number of aryl methyl sites for hydroxylation is 2. The molecule has 0 radical (unpaired) electrons. The molecular weight excluding hydrogens is 338 g/mol. The van der Waals surface area contributed by atoms with Crippen LogP contribution in [0.5, 0.6) is 11.5 Å². The molecule has 0 aromatic heterocycles. The Kier molecular flexibility index (Phi) is 6.10. The van der Waals surface area contributed by atoms with E-state index in [-0.39, 0.29) is 12.5 Å². The lowest BCUT2D eigenvalue weighted by Crippen LogP contribution is -2.20. The summed E-state index contributed by atoms with van der Waals surface area (Å²) in [5.41, 5.74) is 4.22. The van der Waals surface area contributed by atoms with Crippen molar-refractivity contribution < 1.29 is 14.3 Å². The second kappa shape index (κ2) is 8.90. The lowest BCUT2D eigenvalue weighted by molar-refractivity contribution is -0.118. The van der Waals surface area contributed by atoms with Crippen LogP contribution in [0.3, 0.4) is 0 Å². The molecule has 3 aromatic carbocycles. The predicted molar refractivity (Wildman–Crippen MR) is 107 cm³/mol. The summed E-state index contributed by atoms with van der Waals surface area (Å²) in [6, 6.07) is 23.1. The molecule has 0 saturated heterocycles. The Balaban J connectivity index is 1.46. The fraction of sp³-hybridized carbons (Fsp3) is 0.174. The number of nitrogens with one attached hydrogen (secondary N) is 1. The van der Waals surface area contributed by atoms with Gasteiger partial charge in [0.1, 0.15) is 18.1 Å². The smallest absolute Gasteiger partial charge is 0.262 e. The minimum absolute atomic E-state index is 0.0445. The molecule has 1 amide bonds. The Hall–Kier alpha value is -3.27.